The Morgan fingerprint density at radius 1 is 1.08 bits per heavy atom. The van der Waals surface area contributed by atoms with Crippen molar-refractivity contribution in [2.45, 2.75) is 31.2 Å². The Morgan fingerprint density at radius 3 is 2.64 bits per heavy atom. The van der Waals surface area contributed by atoms with E-state index >= 15 is 0 Å². The topological polar surface area (TPSA) is 33.2 Å². The fourth-order valence-corrected chi connectivity index (χ4v) is 4.79. The minimum atomic E-state index is -0.278. The number of para-hydroxylation sites is 1. The van der Waals surface area contributed by atoms with Crippen molar-refractivity contribution in [3.8, 4) is 0 Å². The molecule has 124 valence electrons. The largest absolute Gasteiger partial charge is 0.305 e. The van der Waals surface area contributed by atoms with Gasteiger partial charge in [-0.15, -0.1) is 0 Å². The van der Waals surface area contributed by atoms with Crippen LogP contribution in [-0.4, -0.2) is 10.9 Å². The summed E-state index contributed by atoms with van der Waals surface area (Å²) >= 11 is 3.71. The van der Waals surface area contributed by atoms with Crippen LogP contribution in [0, 0.1) is 0 Å². The van der Waals surface area contributed by atoms with Gasteiger partial charge in [0.05, 0.1) is 17.7 Å². The van der Waals surface area contributed by atoms with Gasteiger partial charge in [0, 0.05) is 21.7 Å². The number of hydrogen-bond acceptors (Lipinski definition) is 2. The molecule has 2 aromatic carbocycles. The highest BCUT2D eigenvalue weighted by Crippen LogP contribution is 2.53. The van der Waals surface area contributed by atoms with E-state index in [2.05, 4.69) is 45.2 Å². The van der Waals surface area contributed by atoms with Crippen LogP contribution in [0.5, 0.6) is 0 Å². The summed E-state index contributed by atoms with van der Waals surface area (Å²) in [6, 6.07) is 16.4. The first-order chi connectivity index (χ1) is 12.2. The highest BCUT2D eigenvalue weighted by Gasteiger charge is 2.54. The Hall–Kier alpha value is -2.20. The van der Waals surface area contributed by atoms with Gasteiger partial charge in [-0.05, 0) is 45.8 Å². The average Bonchev–Trinajstić information content (AvgIpc) is 2.86. The van der Waals surface area contributed by atoms with Crippen LogP contribution >= 0.6 is 15.9 Å². The van der Waals surface area contributed by atoms with Crippen LogP contribution in [0.25, 0.3) is 10.8 Å². The van der Waals surface area contributed by atoms with E-state index < -0.39 is 0 Å². The van der Waals surface area contributed by atoms with E-state index in [1.165, 1.54) is 5.56 Å². The monoisotopic (exact) mass is 392 g/mol. The number of carbonyl (C=O) groups excluding carboxylic acids is 1. The average molecular weight is 393 g/mol. The van der Waals surface area contributed by atoms with Crippen molar-refractivity contribution in [3.05, 3.63) is 70.5 Å². The lowest BCUT2D eigenvalue weighted by Crippen LogP contribution is -2.45. The van der Waals surface area contributed by atoms with Gasteiger partial charge in [-0.3, -0.25) is 9.78 Å². The Labute approximate surface area is 154 Å². The van der Waals surface area contributed by atoms with Gasteiger partial charge in [0.2, 0.25) is 5.91 Å². The van der Waals surface area contributed by atoms with E-state index in [1.54, 1.807) is 0 Å². The summed E-state index contributed by atoms with van der Waals surface area (Å²) in [7, 11) is 0. The molecule has 2 heterocycles. The third kappa shape index (κ3) is 2.04. The maximum absolute atomic E-state index is 13.2. The van der Waals surface area contributed by atoms with Crippen LogP contribution < -0.4 is 4.90 Å². The predicted molar refractivity (Wildman–Crippen MR) is 103 cm³/mol. The molecule has 1 saturated carbocycles. The van der Waals surface area contributed by atoms with Gasteiger partial charge in [-0.25, -0.2) is 0 Å². The number of benzene rings is 2. The first-order valence-electron chi connectivity index (χ1n) is 8.64. The summed E-state index contributed by atoms with van der Waals surface area (Å²) in [4.78, 5) is 19.8. The molecule has 1 fully saturated rings. The van der Waals surface area contributed by atoms with Crippen molar-refractivity contribution < 1.29 is 4.79 Å². The summed E-state index contributed by atoms with van der Waals surface area (Å²) in [5.74, 6) is 0.238. The number of fused-ring (bicyclic) bond motifs is 3. The fourth-order valence-electron chi connectivity index (χ4n) is 4.20. The van der Waals surface area contributed by atoms with Crippen LogP contribution in [0.4, 0.5) is 5.69 Å². The van der Waals surface area contributed by atoms with Crippen LogP contribution in [0.1, 0.15) is 30.5 Å². The molecule has 3 aromatic rings. The van der Waals surface area contributed by atoms with Gasteiger partial charge in [-0.2, -0.15) is 0 Å². The zero-order valence-electron chi connectivity index (χ0n) is 13.7. The highest BCUT2D eigenvalue weighted by molar-refractivity contribution is 9.10. The third-order valence-corrected chi connectivity index (χ3v) is 6.57. The molecular formula is C21H17BrN2O. The zero-order valence-corrected chi connectivity index (χ0v) is 15.3. The van der Waals surface area contributed by atoms with E-state index in [-0.39, 0.29) is 11.3 Å². The quantitative estimate of drug-likeness (QED) is 0.616. The summed E-state index contributed by atoms with van der Waals surface area (Å²) < 4.78 is 0.977. The molecule has 25 heavy (non-hydrogen) atoms. The Kier molecular flexibility index (Phi) is 3.26. The van der Waals surface area contributed by atoms with Crippen LogP contribution in [-0.2, 0) is 16.8 Å². The zero-order chi connectivity index (χ0) is 17.0. The maximum Gasteiger partial charge on any atom is 0.238 e. The second-order valence-corrected chi connectivity index (χ2v) is 7.74. The number of anilines is 1. The number of rotatable bonds is 2. The van der Waals surface area contributed by atoms with E-state index in [0.29, 0.717) is 6.54 Å². The molecule has 4 heteroatoms. The van der Waals surface area contributed by atoms with Gasteiger partial charge >= 0.3 is 0 Å². The lowest BCUT2D eigenvalue weighted by molar-refractivity contribution is -0.126. The first-order valence-corrected chi connectivity index (χ1v) is 9.44. The van der Waals surface area contributed by atoms with Crippen molar-refractivity contribution >= 4 is 38.3 Å². The molecule has 1 aliphatic carbocycles. The van der Waals surface area contributed by atoms with Crippen molar-refractivity contribution in [2.75, 3.05) is 4.90 Å². The van der Waals surface area contributed by atoms with Gasteiger partial charge in [-0.1, -0.05) is 48.9 Å². The Bertz CT molecular complexity index is 1010. The van der Waals surface area contributed by atoms with Gasteiger partial charge in [0.1, 0.15) is 0 Å². The molecule has 0 atom stereocenters. The van der Waals surface area contributed by atoms with Crippen LogP contribution in [0.15, 0.2) is 59.2 Å². The normalized spacial score (nSPS) is 17.8. The molecule has 2 aliphatic rings. The minimum absolute atomic E-state index is 0.238. The third-order valence-electron chi connectivity index (χ3n) is 5.69. The van der Waals surface area contributed by atoms with E-state index in [0.717, 1.165) is 45.9 Å². The number of pyridine rings is 1. The van der Waals surface area contributed by atoms with Crippen molar-refractivity contribution in [3.63, 3.8) is 0 Å². The molecule has 0 saturated heterocycles. The maximum atomic E-state index is 13.2. The van der Waals surface area contributed by atoms with E-state index in [9.17, 15) is 4.79 Å². The molecule has 3 nitrogen and oxygen atoms in total. The fraction of sp³-hybridized carbons (Fsp3) is 0.238. The Balaban J connectivity index is 1.59. The lowest BCUT2D eigenvalue weighted by Gasteiger charge is -2.37. The van der Waals surface area contributed by atoms with E-state index in [1.807, 2.05) is 35.4 Å². The Morgan fingerprint density at radius 2 is 1.84 bits per heavy atom. The molecule has 5 rings (SSSR count). The molecule has 1 aromatic heterocycles. The first kappa shape index (κ1) is 15.1. The summed E-state index contributed by atoms with van der Waals surface area (Å²) in [6.45, 7) is 0.503. The number of amides is 1. The molecule has 0 bridgehead atoms. The van der Waals surface area contributed by atoms with Crippen molar-refractivity contribution in [2.24, 2.45) is 0 Å². The molecule has 0 unspecified atom stereocenters. The van der Waals surface area contributed by atoms with Gasteiger partial charge in [0.15, 0.2) is 0 Å². The number of nitrogens with zero attached hydrogens (tertiary/aromatic N) is 2. The second-order valence-electron chi connectivity index (χ2n) is 6.95. The number of hydrogen-bond donors (Lipinski definition) is 0. The summed E-state index contributed by atoms with van der Waals surface area (Å²) in [5, 5.41) is 2.23. The molecule has 0 radical (unpaired) electrons. The van der Waals surface area contributed by atoms with Crippen molar-refractivity contribution in [1.29, 1.82) is 0 Å². The van der Waals surface area contributed by atoms with Crippen molar-refractivity contribution in [1.82, 2.24) is 4.98 Å². The number of carbonyl (C=O) groups is 1. The van der Waals surface area contributed by atoms with Gasteiger partial charge < -0.3 is 4.90 Å². The van der Waals surface area contributed by atoms with E-state index in [4.69, 9.17) is 0 Å². The number of halogens is 1. The second kappa shape index (κ2) is 5.40. The minimum Gasteiger partial charge on any atom is -0.305 e. The van der Waals surface area contributed by atoms with Crippen LogP contribution in [0.2, 0.25) is 0 Å². The molecule has 1 amide bonds. The predicted octanol–water partition coefficient (Wildman–Crippen LogP) is 4.97. The molecule has 1 aliphatic heterocycles. The lowest BCUT2D eigenvalue weighted by atomic mass is 9.65. The van der Waals surface area contributed by atoms with Gasteiger partial charge in [0.25, 0.3) is 0 Å². The highest BCUT2D eigenvalue weighted by atomic mass is 79.9. The summed E-state index contributed by atoms with van der Waals surface area (Å²) in [5.41, 5.74) is 2.87. The van der Waals surface area contributed by atoms with Crippen LogP contribution in [0.3, 0.4) is 0 Å². The molecule has 1 spiro atoms. The smallest absolute Gasteiger partial charge is 0.238 e. The SMILES string of the molecule is O=C1N(Cc2ncc3ccccc3c2Br)c2ccccc2C12CCC2. The molecular weight excluding hydrogens is 376 g/mol. The number of aromatic nitrogens is 1. The summed E-state index contributed by atoms with van der Waals surface area (Å²) in [6.07, 6.45) is 4.95. The standard InChI is InChI=1S/C21H17BrN2O/c22-19-15-7-2-1-6-14(15)12-23-17(19)13-24-18-9-4-3-8-16(18)21(20(24)25)10-5-11-21/h1-4,6-9,12H,5,10-11,13H2. The molecule has 0 N–H and O–H groups in total.